The van der Waals surface area contributed by atoms with Crippen LogP contribution in [0.25, 0.3) is 0 Å². The minimum Gasteiger partial charge on any atom is -0.494 e. The molecule has 0 spiro atoms. The Balaban J connectivity index is 1.49. The first kappa shape index (κ1) is 25.0. The lowest BCUT2D eigenvalue weighted by Crippen LogP contribution is -2.72. The van der Waals surface area contributed by atoms with E-state index in [1.165, 1.54) is 18.8 Å². The van der Waals surface area contributed by atoms with E-state index in [2.05, 4.69) is 22.0 Å². The first-order valence-corrected chi connectivity index (χ1v) is 12.6. The maximum atomic E-state index is 13.1. The van der Waals surface area contributed by atoms with Gasteiger partial charge in [0.2, 0.25) is 11.8 Å². The van der Waals surface area contributed by atoms with E-state index in [4.69, 9.17) is 4.74 Å². The Bertz CT molecular complexity index is 1100. The number of urea groups is 1. The Morgan fingerprint density at radius 1 is 1.11 bits per heavy atom. The van der Waals surface area contributed by atoms with Crippen LogP contribution in [0.2, 0.25) is 0 Å². The lowest BCUT2D eigenvalue weighted by Gasteiger charge is -2.50. The molecule has 2 heterocycles. The number of nitrogens with zero attached hydrogens (tertiary/aromatic N) is 2. The molecule has 0 radical (unpaired) electrons. The molecular weight excluding hydrogens is 466 g/mol. The number of hydrogen-bond acceptors (Lipinski definition) is 7. The highest BCUT2D eigenvalue weighted by Crippen LogP contribution is 2.34. The second kappa shape index (κ2) is 10.7. The SMILES string of the molecule is CCOc1ccc(NC(=O)CSC2NC(c3cccc(C)c3)NC3C2C(=O)N(C)C(=O)N3C)cc1. The maximum Gasteiger partial charge on any atom is 0.327 e. The van der Waals surface area contributed by atoms with Crippen LogP contribution in [-0.2, 0) is 9.59 Å². The van der Waals surface area contributed by atoms with Gasteiger partial charge in [-0.15, -0.1) is 11.8 Å². The fourth-order valence-corrected chi connectivity index (χ4v) is 5.51. The predicted molar refractivity (Wildman–Crippen MR) is 136 cm³/mol. The highest BCUT2D eigenvalue weighted by Gasteiger charge is 2.51. The highest BCUT2D eigenvalue weighted by atomic mass is 32.2. The van der Waals surface area contributed by atoms with Crippen molar-refractivity contribution in [2.75, 3.05) is 31.8 Å². The van der Waals surface area contributed by atoms with Crippen LogP contribution in [0.5, 0.6) is 5.75 Å². The number of fused-ring (bicyclic) bond motifs is 1. The lowest BCUT2D eigenvalue weighted by atomic mass is 9.95. The quantitative estimate of drug-likeness (QED) is 0.541. The molecule has 2 aromatic rings. The molecule has 4 amide bonds. The number of amides is 4. The normalized spacial score (nSPS) is 24.2. The number of benzene rings is 2. The number of aryl methyl sites for hydroxylation is 1. The summed E-state index contributed by atoms with van der Waals surface area (Å²) in [6.07, 6.45) is -0.779. The van der Waals surface area contributed by atoms with Crippen molar-refractivity contribution in [2.45, 2.75) is 31.6 Å². The van der Waals surface area contributed by atoms with Gasteiger partial charge >= 0.3 is 6.03 Å². The summed E-state index contributed by atoms with van der Waals surface area (Å²) in [5.41, 5.74) is 2.78. The topological polar surface area (TPSA) is 103 Å². The predicted octanol–water partition coefficient (Wildman–Crippen LogP) is 2.75. The Labute approximate surface area is 209 Å². The highest BCUT2D eigenvalue weighted by molar-refractivity contribution is 8.00. The molecule has 2 aliphatic heterocycles. The molecule has 10 heteroatoms. The minimum atomic E-state index is -0.549. The Kier molecular flexibility index (Phi) is 7.63. The van der Waals surface area contributed by atoms with E-state index in [-0.39, 0.29) is 35.1 Å². The number of carbonyl (C=O) groups is 3. The zero-order chi connectivity index (χ0) is 25.1. The fraction of sp³-hybridized carbons (Fsp3) is 0.400. The summed E-state index contributed by atoms with van der Waals surface area (Å²) >= 11 is 1.36. The maximum absolute atomic E-state index is 13.1. The molecule has 0 saturated carbocycles. The van der Waals surface area contributed by atoms with Crippen LogP contribution >= 0.6 is 11.8 Å². The molecule has 3 N–H and O–H groups in total. The summed E-state index contributed by atoms with van der Waals surface area (Å²) in [6, 6.07) is 14.9. The first-order chi connectivity index (χ1) is 16.8. The molecule has 4 rings (SSSR count). The second-order valence-corrected chi connectivity index (χ2v) is 9.81. The van der Waals surface area contributed by atoms with Crippen molar-refractivity contribution in [3.63, 3.8) is 0 Å². The number of thioether (sulfide) groups is 1. The van der Waals surface area contributed by atoms with Crippen LogP contribution in [0.1, 0.15) is 24.2 Å². The molecule has 0 bridgehead atoms. The molecule has 0 aromatic heterocycles. The van der Waals surface area contributed by atoms with Gasteiger partial charge in [-0.05, 0) is 43.7 Å². The van der Waals surface area contributed by atoms with Crippen LogP contribution in [0.15, 0.2) is 48.5 Å². The van der Waals surface area contributed by atoms with Gasteiger partial charge in [0.25, 0.3) is 0 Å². The molecular formula is C25H31N5O4S. The Morgan fingerprint density at radius 3 is 2.54 bits per heavy atom. The summed E-state index contributed by atoms with van der Waals surface area (Å²) in [5.74, 6) is -0.115. The average Bonchev–Trinajstić information content (AvgIpc) is 2.85. The van der Waals surface area contributed by atoms with Gasteiger partial charge in [-0.1, -0.05) is 29.8 Å². The number of hydrogen-bond donors (Lipinski definition) is 3. The summed E-state index contributed by atoms with van der Waals surface area (Å²) in [7, 11) is 3.18. The zero-order valence-electron chi connectivity index (χ0n) is 20.3. The minimum absolute atomic E-state index is 0.142. The Hall–Kier alpha value is -3.08. The van der Waals surface area contributed by atoms with E-state index in [0.717, 1.165) is 21.8 Å². The van der Waals surface area contributed by atoms with E-state index >= 15 is 0 Å². The van der Waals surface area contributed by atoms with Crippen molar-refractivity contribution in [1.82, 2.24) is 20.4 Å². The molecule has 0 aliphatic carbocycles. The third kappa shape index (κ3) is 5.44. The Morgan fingerprint density at radius 2 is 1.86 bits per heavy atom. The molecule has 2 aromatic carbocycles. The van der Waals surface area contributed by atoms with Gasteiger partial charge in [-0.2, -0.15) is 0 Å². The number of anilines is 1. The van der Waals surface area contributed by atoms with Crippen LogP contribution in [0.3, 0.4) is 0 Å². The van der Waals surface area contributed by atoms with Gasteiger partial charge in [-0.25, -0.2) is 4.79 Å². The van der Waals surface area contributed by atoms with Gasteiger partial charge < -0.3 is 15.0 Å². The molecule has 2 fully saturated rings. The first-order valence-electron chi connectivity index (χ1n) is 11.6. The lowest BCUT2D eigenvalue weighted by molar-refractivity contribution is -0.140. The molecule has 2 aliphatic rings. The second-order valence-electron chi connectivity index (χ2n) is 8.68. The third-order valence-electron chi connectivity index (χ3n) is 6.17. The van der Waals surface area contributed by atoms with Gasteiger partial charge in [0.05, 0.1) is 36.0 Å². The van der Waals surface area contributed by atoms with E-state index in [1.807, 2.05) is 32.0 Å². The summed E-state index contributed by atoms with van der Waals surface area (Å²) < 4.78 is 5.44. The van der Waals surface area contributed by atoms with Crippen molar-refractivity contribution in [3.05, 3.63) is 59.7 Å². The number of rotatable bonds is 7. The number of carbonyl (C=O) groups excluding carboxylic acids is 3. The van der Waals surface area contributed by atoms with Crippen LogP contribution < -0.4 is 20.7 Å². The zero-order valence-corrected chi connectivity index (χ0v) is 21.1. The van der Waals surface area contributed by atoms with Gasteiger partial charge in [0.15, 0.2) is 0 Å². The third-order valence-corrected chi connectivity index (χ3v) is 7.39. The van der Waals surface area contributed by atoms with Gasteiger partial charge in [-0.3, -0.25) is 25.1 Å². The molecule has 35 heavy (non-hydrogen) atoms. The van der Waals surface area contributed by atoms with Gasteiger partial charge in [0, 0.05) is 19.8 Å². The summed E-state index contributed by atoms with van der Waals surface area (Å²) in [6.45, 7) is 4.51. The van der Waals surface area contributed by atoms with Crippen molar-refractivity contribution in [3.8, 4) is 5.75 Å². The van der Waals surface area contributed by atoms with Crippen LogP contribution in [0.4, 0.5) is 10.5 Å². The molecule has 4 unspecified atom stereocenters. The van der Waals surface area contributed by atoms with E-state index in [0.29, 0.717) is 12.3 Å². The molecule has 4 atom stereocenters. The van der Waals surface area contributed by atoms with E-state index < -0.39 is 12.1 Å². The molecule has 186 valence electrons. The monoisotopic (exact) mass is 497 g/mol. The number of imide groups is 1. The van der Waals surface area contributed by atoms with Crippen molar-refractivity contribution in [2.24, 2.45) is 5.92 Å². The van der Waals surface area contributed by atoms with E-state index in [9.17, 15) is 14.4 Å². The standard InChI is InChI=1S/C25H31N5O4S/c1-5-34-18-11-9-17(10-12-18)26-19(31)14-35-23-20-22(29(3)25(33)30(4)24(20)32)27-21(28-23)16-8-6-7-15(2)13-16/h6-13,20-23,27-28H,5,14H2,1-4H3,(H,26,31). The van der Waals surface area contributed by atoms with Crippen LogP contribution in [-0.4, -0.2) is 65.6 Å². The van der Waals surface area contributed by atoms with Crippen molar-refractivity contribution < 1.29 is 19.1 Å². The van der Waals surface area contributed by atoms with Gasteiger partial charge in [0.1, 0.15) is 5.75 Å². The molecule has 9 nitrogen and oxygen atoms in total. The largest absolute Gasteiger partial charge is 0.494 e. The van der Waals surface area contributed by atoms with E-state index in [1.54, 1.807) is 36.2 Å². The van der Waals surface area contributed by atoms with Crippen molar-refractivity contribution in [1.29, 1.82) is 0 Å². The van der Waals surface area contributed by atoms with Crippen LogP contribution in [0, 0.1) is 12.8 Å². The number of nitrogens with one attached hydrogen (secondary N) is 3. The number of ether oxygens (including phenoxy) is 1. The average molecular weight is 498 g/mol. The fourth-order valence-electron chi connectivity index (χ4n) is 4.40. The van der Waals surface area contributed by atoms with Crippen molar-refractivity contribution >= 4 is 35.3 Å². The molecule has 2 saturated heterocycles. The summed E-state index contributed by atoms with van der Waals surface area (Å²) in [5, 5.41) is 9.42. The summed E-state index contributed by atoms with van der Waals surface area (Å²) in [4.78, 5) is 41.2. The smallest absolute Gasteiger partial charge is 0.327 e.